The van der Waals surface area contributed by atoms with E-state index in [1.807, 2.05) is 0 Å². The predicted octanol–water partition coefficient (Wildman–Crippen LogP) is 3.83. The van der Waals surface area contributed by atoms with Gasteiger partial charge in [0.25, 0.3) is 0 Å². The maximum Gasteiger partial charge on any atom is 0.343 e. The van der Waals surface area contributed by atoms with Crippen LogP contribution in [0, 0.1) is 0 Å². The Balaban J connectivity index is 1.55. The van der Waals surface area contributed by atoms with Gasteiger partial charge >= 0.3 is 5.63 Å². The second kappa shape index (κ2) is 10.9. The van der Waals surface area contributed by atoms with E-state index in [0.717, 1.165) is 5.56 Å². The summed E-state index contributed by atoms with van der Waals surface area (Å²) in [7, 11) is 2.89. The van der Waals surface area contributed by atoms with E-state index in [0.29, 0.717) is 35.4 Å². The zero-order valence-corrected chi connectivity index (χ0v) is 21.4. The molecule has 1 atom stereocenters. The van der Waals surface area contributed by atoms with Crippen molar-refractivity contribution in [2.75, 3.05) is 27.6 Å². The molecule has 3 N–H and O–H groups in total. The Morgan fingerprint density at radius 2 is 1.77 bits per heavy atom. The van der Waals surface area contributed by atoms with Crippen molar-refractivity contribution in [3.8, 4) is 34.5 Å². The third-order valence-corrected chi connectivity index (χ3v) is 6.62. The van der Waals surface area contributed by atoms with E-state index in [1.54, 1.807) is 54.6 Å². The molecular formula is C29H27NO9. The van der Waals surface area contributed by atoms with Gasteiger partial charge < -0.3 is 38.9 Å². The van der Waals surface area contributed by atoms with Gasteiger partial charge in [-0.15, -0.1) is 0 Å². The van der Waals surface area contributed by atoms with Crippen LogP contribution in [0.25, 0.3) is 11.0 Å². The van der Waals surface area contributed by atoms with Crippen LogP contribution in [0.15, 0.2) is 63.8 Å². The van der Waals surface area contributed by atoms with Crippen LogP contribution in [-0.4, -0.2) is 43.7 Å². The van der Waals surface area contributed by atoms with Gasteiger partial charge in [-0.05, 0) is 42.3 Å². The highest BCUT2D eigenvalue weighted by Gasteiger charge is 2.35. The summed E-state index contributed by atoms with van der Waals surface area (Å²) in [6.07, 6.45) is 0.312. The smallest absolute Gasteiger partial charge is 0.343 e. The molecule has 1 amide bonds. The summed E-state index contributed by atoms with van der Waals surface area (Å²) in [6.45, 7) is 0.257. The van der Waals surface area contributed by atoms with Crippen LogP contribution >= 0.6 is 0 Å². The number of hydrogen-bond acceptors (Lipinski definition) is 9. The molecule has 1 aromatic heterocycles. The molecule has 10 nitrogen and oxygen atoms in total. The minimum Gasteiger partial charge on any atom is -0.508 e. The molecule has 0 bridgehead atoms. The van der Waals surface area contributed by atoms with E-state index >= 15 is 0 Å². The number of aromatic hydroxyl groups is 2. The van der Waals surface area contributed by atoms with Crippen LogP contribution in [0.3, 0.4) is 0 Å². The minimum atomic E-state index is -0.988. The van der Waals surface area contributed by atoms with Gasteiger partial charge in [0.05, 0.1) is 25.2 Å². The molecule has 0 fully saturated rings. The molecule has 0 saturated carbocycles. The Labute approximate surface area is 223 Å². The third-order valence-electron chi connectivity index (χ3n) is 6.62. The molecule has 1 aliphatic rings. The number of carbonyl (C=O) groups is 1. The van der Waals surface area contributed by atoms with Crippen molar-refractivity contribution < 1.29 is 38.4 Å². The summed E-state index contributed by atoms with van der Waals surface area (Å²) in [4.78, 5) is 26.5. The van der Waals surface area contributed by atoms with Crippen LogP contribution < -0.4 is 29.9 Å². The topological polar surface area (TPSA) is 137 Å². The molecule has 3 aromatic carbocycles. The molecule has 2 heterocycles. The maximum atomic E-state index is 13.3. The number of benzene rings is 3. The number of phenolic OH excluding ortho intramolecular Hbond substituents is 1. The zero-order chi connectivity index (χ0) is 27.5. The van der Waals surface area contributed by atoms with Crippen molar-refractivity contribution in [3.05, 3.63) is 81.7 Å². The summed E-state index contributed by atoms with van der Waals surface area (Å²) >= 11 is 0. The molecule has 0 unspecified atom stereocenters. The molecule has 0 aliphatic carbocycles. The normalized spacial score (nSPS) is 12.8. The largest absolute Gasteiger partial charge is 0.508 e. The quantitative estimate of drug-likeness (QED) is 0.274. The average molecular weight is 534 g/mol. The van der Waals surface area contributed by atoms with E-state index in [4.69, 9.17) is 23.4 Å². The molecule has 202 valence electrons. The van der Waals surface area contributed by atoms with E-state index < -0.39 is 11.5 Å². The van der Waals surface area contributed by atoms with Crippen molar-refractivity contribution in [1.82, 2.24) is 5.32 Å². The molecular weight excluding hydrogens is 506 g/mol. The number of carbonyl (C=O) groups excluding carboxylic acids is 1. The average Bonchev–Trinajstić information content (AvgIpc) is 3.43. The molecule has 10 heteroatoms. The highest BCUT2D eigenvalue weighted by Crippen LogP contribution is 2.53. The third kappa shape index (κ3) is 5.00. The van der Waals surface area contributed by atoms with E-state index in [9.17, 15) is 19.8 Å². The lowest BCUT2D eigenvalue weighted by Gasteiger charge is -2.22. The number of ether oxygens (including phenoxy) is 4. The summed E-state index contributed by atoms with van der Waals surface area (Å²) in [5.41, 5.74) is 0.647. The van der Waals surface area contributed by atoms with Crippen molar-refractivity contribution in [2.45, 2.75) is 18.8 Å². The standard InChI is InChI=1S/C29H27NO9/c1-35-22-13-20(26(36-2)28-27(22)37-15-38-28)19(14-23(32)30-12-11-16-7-9-17(31)10-8-16)24-25(33)18-5-3-4-6-21(18)39-29(24)34/h3-10,13,19,31,33H,11-12,14-15H2,1-2H3,(H,30,32)/t19-/m1/s1. The number of hydrogen-bond donors (Lipinski definition) is 3. The van der Waals surface area contributed by atoms with Crippen LogP contribution in [0.4, 0.5) is 0 Å². The predicted molar refractivity (Wildman–Crippen MR) is 141 cm³/mol. The highest BCUT2D eigenvalue weighted by molar-refractivity contribution is 5.85. The Morgan fingerprint density at radius 3 is 2.51 bits per heavy atom. The van der Waals surface area contributed by atoms with Gasteiger partial charge in [0, 0.05) is 24.4 Å². The monoisotopic (exact) mass is 533 g/mol. The van der Waals surface area contributed by atoms with Crippen LogP contribution in [0.2, 0.25) is 0 Å². The first-order valence-corrected chi connectivity index (χ1v) is 12.2. The van der Waals surface area contributed by atoms with Gasteiger partial charge in [0.15, 0.2) is 11.5 Å². The summed E-state index contributed by atoms with van der Waals surface area (Å²) in [5, 5.41) is 23.9. The van der Waals surface area contributed by atoms with Gasteiger partial charge in [-0.1, -0.05) is 24.3 Å². The van der Waals surface area contributed by atoms with Gasteiger partial charge in [0.2, 0.25) is 24.2 Å². The van der Waals surface area contributed by atoms with Crippen LogP contribution in [0.1, 0.15) is 29.0 Å². The number of fused-ring (bicyclic) bond motifs is 2. The Morgan fingerprint density at radius 1 is 1.03 bits per heavy atom. The lowest BCUT2D eigenvalue weighted by atomic mass is 9.86. The molecule has 0 spiro atoms. The van der Waals surface area contributed by atoms with E-state index in [-0.39, 0.29) is 53.3 Å². The summed E-state index contributed by atoms with van der Waals surface area (Å²) < 4.78 is 27.9. The van der Waals surface area contributed by atoms with Crippen molar-refractivity contribution in [1.29, 1.82) is 0 Å². The number of para-hydroxylation sites is 1. The number of methoxy groups -OCH3 is 2. The number of nitrogens with one attached hydrogen (secondary N) is 1. The zero-order valence-electron chi connectivity index (χ0n) is 21.4. The van der Waals surface area contributed by atoms with Crippen molar-refractivity contribution in [2.24, 2.45) is 0 Å². The fourth-order valence-electron chi connectivity index (χ4n) is 4.74. The lowest BCUT2D eigenvalue weighted by molar-refractivity contribution is -0.121. The molecule has 5 rings (SSSR count). The summed E-state index contributed by atoms with van der Waals surface area (Å²) in [6, 6.07) is 14.9. The SMILES string of the molecule is COc1cc([C@@H](CC(=O)NCCc2ccc(O)cc2)c2c(O)c3ccccc3oc2=O)c(OC)c2c1OCO2. The first-order valence-electron chi connectivity index (χ1n) is 12.2. The van der Waals surface area contributed by atoms with Crippen molar-refractivity contribution in [3.63, 3.8) is 0 Å². The summed E-state index contributed by atoms with van der Waals surface area (Å²) in [5.74, 6) is -0.311. The lowest BCUT2D eigenvalue weighted by Crippen LogP contribution is -2.29. The fourth-order valence-corrected chi connectivity index (χ4v) is 4.74. The van der Waals surface area contributed by atoms with E-state index in [1.165, 1.54) is 14.2 Å². The second-order valence-electron chi connectivity index (χ2n) is 8.94. The number of phenols is 1. The highest BCUT2D eigenvalue weighted by atomic mass is 16.7. The molecule has 39 heavy (non-hydrogen) atoms. The first kappa shape index (κ1) is 25.8. The molecule has 1 aliphatic heterocycles. The fraction of sp³-hybridized carbons (Fsp3) is 0.241. The van der Waals surface area contributed by atoms with Crippen LogP contribution in [-0.2, 0) is 11.2 Å². The van der Waals surface area contributed by atoms with Gasteiger partial charge in [-0.25, -0.2) is 4.79 Å². The number of amides is 1. The number of rotatable bonds is 9. The van der Waals surface area contributed by atoms with Gasteiger partial charge in [-0.3, -0.25) is 4.79 Å². The minimum absolute atomic E-state index is 0.0583. The van der Waals surface area contributed by atoms with Crippen LogP contribution in [0.5, 0.6) is 34.5 Å². The van der Waals surface area contributed by atoms with E-state index in [2.05, 4.69) is 5.32 Å². The van der Waals surface area contributed by atoms with Gasteiger partial charge in [-0.2, -0.15) is 0 Å². The first-order chi connectivity index (χ1) is 18.9. The maximum absolute atomic E-state index is 13.3. The van der Waals surface area contributed by atoms with Gasteiger partial charge in [0.1, 0.15) is 17.1 Å². The Bertz CT molecular complexity index is 1580. The molecule has 0 radical (unpaired) electrons. The Hall–Kier alpha value is -4.86. The molecule has 4 aromatic rings. The second-order valence-corrected chi connectivity index (χ2v) is 8.94. The Kier molecular flexibility index (Phi) is 7.18. The molecule has 0 saturated heterocycles. The van der Waals surface area contributed by atoms with Crippen molar-refractivity contribution >= 4 is 16.9 Å².